The van der Waals surface area contributed by atoms with Crippen molar-refractivity contribution in [2.45, 2.75) is 0 Å². The third kappa shape index (κ3) is 3.18. The molecule has 0 unspecified atom stereocenters. The maximum atomic E-state index is 4.90. The maximum absolute atomic E-state index is 4.90. The first kappa shape index (κ1) is 15.3. The summed E-state index contributed by atoms with van der Waals surface area (Å²) < 4.78 is 1.07. The van der Waals surface area contributed by atoms with Crippen molar-refractivity contribution in [3.63, 3.8) is 0 Å². The molecular weight excluding hydrogens is 378 g/mol. The highest BCUT2D eigenvalue weighted by Crippen LogP contribution is 2.32. The second kappa shape index (κ2) is 6.71. The molecule has 0 saturated carbocycles. The molecule has 2 aromatic carbocycles. The summed E-state index contributed by atoms with van der Waals surface area (Å²) in [4.78, 5) is 6.16. The first-order chi connectivity index (χ1) is 11.8. The molecule has 2 heterocycles. The van der Waals surface area contributed by atoms with Gasteiger partial charge < -0.3 is 0 Å². The minimum Gasteiger partial charge on any atom is -0.248 e. The highest BCUT2D eigenvalue weighted by Gasteiger charge is 2.09. The molecule has 0 saturated heterocycles. The third-order valence-corrected chi connectivity index (χ3v) is 5.29. The molecule has 2 aromatic heterocycles. The number of halogens is 1. The number of nitrogens with zero attached hydrogens (tertiary/aromatic N) is 1. The van der Waals surface area contributed by atoms with E-state index in [1.54, 1.807) is 11.3 Å². The van der Waals surface area contributed by atoms with Gasteiger partial charge in [0.2, 0.25) is 0 Å². The number of pyridine rings is 1. The number of rotatable bonds is 3. The van der Waals surface area contributed by atoms with Crippen molar-refractivity contribution < 1.29 is 0 Å². The molecule has 0 aliphatic carbocycles. The van der Waals surface area contributed by atoms with E-state index >= 15 is 0 Å². The van der Waals surface area contributed by atoms with Gasteiger partial charge in [0.1, 0.15) is 0 Å². The predicted molar refractivity (Wildman–Crippen MR) is 106 cm³/mol. The van der Waals surface area contributed by atoms with Gasteiger partial charge in [0, 0.05) is 20.5 Å². The van der Waals surface area contributed by atoms with Crippen molar-refractivity contribution >= 4 is 27.3 Å². The lowest BCUT2D eigenvalue weighted by molar-refractivity contribution is 1.32. The second-order valence-corrected chi connectivity index (χ2v) is 7.34. The molecule has 0 radical (unpaired) electrons. The Balaban J connectivity index is 1.90. The molecule has 0 fully saturated rings. The van der Waals surface area contributed by atoms with Gasteiger partial charge in [0.15, 0.2) is 0 Å². The summed E-state index contributed by atoms with van der Waals surface area (Å²) in [6.45, 7) is 0. The molecule has 0 N–H and O–H groups in total. The molecule has 0 aliphatic heterocycles. The fourth-order valence-electron chi connectivity index (χ4n) is 2.64. The molecule has 0 atom stereocenters. The van der Waals surface area contributed by atoms with E-state index in [-0.39, 0.29) is 0 Å². The van der Waals surface area contributed by atoms with Crippen LogP contribution in [0.1, 0.15) is 0 Å². The molecule has 0 bridgehead atoms. The first-order valence-electron chi connectivity index (χ1n) is 7.67. The van der Waals surface area contributed by atoms with E-state index in [1.165, 1.54) is 10.4 Å². The summed E-state index contributed by atoms with van der Waals surface area (Å²) >= 11 is 5.25. The SMILES string of the molecule is Brc1ccc(-c2cc(-c3cccs3)cc(-c3ccccc3)n2)cc1. The van der Waals surface area contributed by atoms with Crippen LogP contribution < -0.4 is 0 Å². The van der Waals surface area contributed by atoms with Crippen LogP contribution in [0.4, 0.5) is 0 Å². The van der Waals surface area contributed by atoms with E-state index < -0.39 is 0 Å². The topological polar surface area (TPSA) is 12.9 Å². The van der Waals surface area contributed by atoms with Crippen molar-refractivity contribution in [1.82, 2.24) is 4.98 Å². The lowest BCUT2D eigenvalue weighted by Crippen LogP contribution is -1.90. The molecule has 4 rings (SSSR count). The van der Waals surface area contributed by atoms with E-state index in [0.717, 1.165) is 27.0 Å². The van der Waals surface area contributed by atoms with Crippen molar-refractivity contribution in [2.24, 2.45) is 0 Å². The molecule has 3 heteroatoms. The van der Waals surface area contributed by atoms with Gasteiger partial charge in [0.05, 0.1) is 11.4 Å². The molecule has 116 valence electrons. The van der Waals surface area contributed by atoms with Crippen molar-refractivity contribution in [1.29, 1.82) is 0 Å². The summed E-state index contributed by atoms with van der Waals surface area (Å²) in [6, 6.07) is 27.2. The van der Waals surface area contributed by atoms with Crippen LogP contribution in [0, 0.1) is 0 Å². The highest BCUT2D eigenvalue weighted by atomic mass is 79.9. The quantitative estimate of drug-likeness (QED) is 0.369. The van der Waals surface area contributed by atoms with Crippen LogP contribution in [-0.2, 0) is 0 Å². The van der Waals surface area contributed by atoms with E-state index in [4.69, 9.17) is 4.98 Å². The number of thiophene rings is 1. The van der Waals surface area contributed by atoms with Gasteiger partial charge >= 0.3 is 0 Å². The predicted octanol–water partition coefficient (Wildman–Crippen LogP) is 6.91. The first-order valence-corrected chi connectivity index (χ1v) is 9.34. The van der Waals surface area contributed by atoms with Gasteiger partial charge in [-0.05, 0) is 41.3 Å². The Morgan fingerprint density at radius 3 is 1.96 bits per heavy atom. The lowest BCUT2D eigenvalue weighted by Gasteiger charge is -2.09. The second-order valence-electron chi connectivity index (χ2n) is 5.48. The minimum absolute atomic E-state index is 0.993. The zero-order chi connectivity index (χ0) is 16.4. The molecule has 1 nitrogen and oxygen atoms in total. The van der Waals surface area contributed by atoms with Gasteiger partial charge in [-0.15, -0.1) is 11.3 Å². The van der Waals surface area contributed by atoms with E-state index in [9.17, 15) is 0 Å². The zero-order valence-corrected chi connectivity index (χ0v) is 15.2. The molecule has 0 spiro atoms. The maximum Gasteiger partial charge on any atom is 0.0716 e. The van der Waals surface area contributed by atoms with Gasteiger partial charge in [-0.3, -0.25) is 0 Å². The molecule has 0 aliphatic rings. The summed E-state index contributed by atoms with van der Waals surface area (Å²) in [6.07, 6.45) is 0. The van der Waals surface area contributed by atoms with Crippen LogP contribution in [0.2, 0.25) is 0 Å². The summed E-state index contributed by atoms with van der Waals surface area (Å²) in [5.41, 5.74) is 5.45. The number of hydrogen-bond donors (Lipinski definition) is 0. The highest BCUT2D eigenvalue weighted by molar-refractivity contribution is 9.10. The molecule has 24 heavy (non-hydrogen) atoms. The molecule has 0 amide bonds. The van der Waals surface area contributed by atoms with Crippen LogP contribution in [0.15, 0.2) is 88.7 Å². The summed E-state index contributed by atoms with van der Waals surface area (Å²) in [5.74, 6) is 0. The van der Waals surface area contributed by atoms with Crippen LogP contribution in [0.5, 0.6) is 0 Å². The summed E-state index contributed by atoms with van der Waals surface area (Å²) in [5, 5.41) is 2.11. The Kier molecular flexibility index (Phi) is 4.28. The van der Waals surface area contributed by atoms with Gasteiger partial charge in [-0.1, -0.05) is 64.5 Å². The van der Waals surface area contributed by atoms with E-state index in [0.29, 0.717) is 0 Å². The van der Waals surface area contributed by atoms with Crippen molar-refractivity contribution in [3.8, 4) is 33.0 Å². The lowest BCUT2D eigenvalue weighted by atomic mass is 10.0. The Bertz CT molecular complexity index is 945. The Labute approximate surface area is 153 Å². The normalized spacial score (nSPS) is 10.7. The fourth-order valence-corrected chi connectivity index (χ4v) is 3.62. The minimum atomic E-state index is 0.993. The Morgan fingerprint density at radius 2 is 1.33 bits per heavy atom. The average molecular weight is 392 g/mol. The van der Waals surface area contributed by atoms with Crippen LogP contribution in [0.3, 0.4) is 0 Å². The van der Waals surface area contributed by atoms with Gasteiger partial charge in [-0.2, -0.15) is 0 Å². The number of hydrogen-bond acceptors (Lipinski definition) is 2. The van der Waals surface area contributed by atoms with Gasteiger partial charge in [0.25, 0.3) is 0 Å². The summed E-state index contributed by atoms with van der Waals surface area (Å²) in [7, 11) is 0. The van der Waals surface area contributed by atoms with Crippen molar-refractivity contribution in [2.75, 3.05) is 0 Å². The standard InChI is InChI=1S/C21H14BrNS/c22-18-10-8-16(9-11-18)20-14-17(21-7-4-12-24-21)13-19(23-20)15-5-2-1-3-6-15/h1-14H. The monoisotopic (exact) mass is 391 g/mol. The third-order valence-electron chi connectivity index (χ3n) is 3.84. The largest absolute Gasteiger partial charge is 0.248 e. The molecular formula is C21H14BrNS. The number of aromatic nitrogens is 1. The van der Waals surface area contributed by atoms with Gasteiger partial charge in [-0.25, -0.2) is 4.98 Å². The number of benzene rings is 2. The van der Waals surface area contributed by atoms with Crippen LogP contribution in [0.25, 0.3) is 33.0 Å². The van der Waals surface area contributed by atoms with Crippen LogP contribution >= 0.6 is 27.3 Å². The van der Waals surface area contributed by atoms with E-state index in [1.807, 2.05) is 18.2 Å². The molecule has 4 aromatic rings. The average Bonchev–Trinajstić information content (AvgIpc) is 3.17. The Morgan fingerprint density at radius 1 is 0.667 bits per heavy atom. The zero-order valence-electron chi connectivity index (χ0n) is 12.8. The Hall–Kier alpha value is -2.23. The smallest absolute Gasteiger partial charge is 0.0716 e. The van der Waals surface area contributed by atoms with Crippen LogP contribution in [-0.4, -0.2) is 4.98 Å². The van der Waals surface area contributed by atoms with E-state index in [2.05, 4.69) is 82.0 Å². The fraction of sp³-hybridized carbons (Fsp3) is 0. The van der Waals surface area contributed by atoms with Crippen molar-refractivity contribution in [3.05, 3.63) is 88.7 Å².